The van der Waals surface area contributed by atoms with Crippen LogP contribution in [-0.2, 0) is 9.47 Å². The fraction of sp³-hybridized carbons (Fsp3) is 0.500. The number of H-pyrrole nitrogens is 1. The van der Waals surface area contributed by atoms with Gasteiger partial charge in [-0.1, -0.05) is 19.1 Å². The molecule has 7 nitrogen and oxygen atoms in total. The molecule has 0 saturated carbocycles. The summed E-state index contributed by atoms with van der Waals surface area (Å²) < 4.78 is 11.1. The smallest absolute Gasteiger partial charge is 0.124 e. The van der Waals surface area contributed by atoms with Crippen molar-refractivity contribution < 1.29 is 14.6 Å². The first-order chi connectivity index (χ1) is 15.0. The summed E-state index contributed by atoms with van der Waals surface area (Å²) in [6.45, 7) is 8.19. The second kappa shape index (κ2) is 9.77. The highest BCUT2D eigenvalue weighted by atomic mass is 16.5. The number of para-hydroxylation sites is 1. The Morgan fingerprint density at radius 1 is 1.19 bits per heavy atom. The van der Waals surface area contributed by atoms with Crippen LogP contribution in [0.1, 0.15) is 54.0 Å². The number of nitrogen functional groups attached to an aromatic ring is 1. The summed E-state index contributed by atoms with van der Waals surface area (Å²) in [7, 11) is 0. The molecule has 0 spiro atoms. The number of aromatic amines is 1. The predicted molar refractivity (Wildman–Crippen MR) is 124 cm³/mol. The van der Waals surface area contributed by atoms with Gasteiger partial charge in [-0.15, -0.1) is 0 Å². The third-order valence-corrected chi connectivity index (χ3v) is 6.41. The van der Waals surface area contributed by atoms with Gasteiger partial charge in [-0.3, -0.25) is 4.90 Å². The lowest BCUT2D eigenvalue weighted by atomic mass is 9.87. The average Bonchev–Trinajstić information content (AvgIpc) is 3.11. The summed E-state index contributed by atoms with van der Waals surface area (Å²) in [5.74, 6) is 1.46. The number of anilines is 1. The van der Waals surface area contributed by atoms with Crippen molar-refractivity contribution in [2.75, 3.05) is 51.8 Å². The van der Waals surface area contributed by atoms with E-state index >= 15 is 0 Å². The van der Waals surface area contributed by atoms with E-state index in [1.807, 2.05) is 18.2 Å². The van der Waals surface area contributed by atoms with Crippen LogP contribution in [0.15, 0.2) is 24.3 Å². The van der Waals surface area contributed by atoms with Crippen LogP contribution in [0.25, 0.3) is 11.8 Å². The van der Waals surface area contributed by atoms with Gasteiger partial charge in [0.1, 0.15) is 11.6 Å². The number of morpholine rings is 1. The van der Waals surface area contributed by atoms with E-state index in [0.717, 1.165) is 64.5 Å². The van der Waals surface area contributed by atoms with Gasteiger partial charge in [0.25, 0.3) is 0 Å². The highest BCUT2D eigenvalue weighted by molar-refractivity contribution is 5.86. The molecular weight excluding hydrogens is 392 g/mol. The zero-order chi connectivity index (χ0) is 21.8. The fourth-order valence-corrected chi connectivity index (χ4v) is 4.78. The third-order valence-electron chi connectivity index (χ3n) is 6.41. The molecule has 1 aromatic carbocycles. The molecule has 0 amide bonds. The Labute approximate surface area is 184 Å². The third kappa shape index (κ3) is 4.89. The highest BCUT2D eigenvalue weighted by Gasteiger charge is 2.28. The van der Waals surface area contributed by atoms with Gasteiger partial charge in [-0.25, -0.2) is 0 Å². The van der Waals surface area contributed by atoms with Gasteiger partial charge >= 0.3 is 0 Å². The summed E-state index contributed by atoms with van der Waals surface area (Å²) in [6, 6.07) is 7.12. The first-order valence-corrected chi connectivity index (χ1v) is 11.2. The summed E-state index contributed by atoms with van der Waals surface area (Å²) in [5, 5.41) is 10.2. The molecule has 1 aromatic heterocycles. The number of rotatable bonds is 6. The van der Waals surface area contributed by atoms with E-state index in [1.165, 1.54) is 11.3 Å². The molecule has 31 heavy (non-hydrogen) atoms. The zero-order valence-electron chi connectivity index (χ0n) is 18.3. The van der Waals surface area contributed by atoms with Gasteiger partial charge in [-0.2, -0.15) is 0 Å². The minimum Gasteiger partial charge on any atom is -0.507 e. The molecule has 2 aliphatic rings. The van der Waals surface area contributed by atoms with Crippen molar-refractivity contribution in [1.29, 1.82) is 0 Å². The predicted octanol–water partition coefficient (Wildman–Crippen LogP) is 3.09. The van der Waals surface area contributed by atoms with Crippen LogP contribution in [0.2, 0.25) is 0 Å². The van der Waals surface area contributed by atoms with E-state index in [-0.39, 0.29) is 11.7 Å². The van der Waals surface area contributed by atoms with Crippen LogP contribution < -0.4 is 11.5 Å². The maximum atomic E-state index is 10.2. The quantitative estimate of drug-likeness (QED) is 0.565. The van der Waals surface area contributed by atoms with Gasteiger partial charge in [0.2, 0.25) is 0 Å². The molecule has 0 unspecified atom stereocenters. The monoisotopic (exact) mass is 426 g/mol. The topological polar surface area (TPSA) is 110 Å². The van der Waals surface area contributed by atoms with Crippen LogP contribution >= 0.6 is 0 Å². The van der Waals surface area contributed by atoms with Gasteiger partial charge in [-0.05, 0) is 42.5 Å². The van der Waals surface area contributed by atoms with E-state index in [9.17, 15) is 5.11 Å². The lowest BCUT2D eigenvalue weighted by molar-refractivity contribution is 0.0356. The first-order valence-electron chi connectivity index (χ1n) is 11.2. The number of aromatic hydroxyl groups is 1. The van der Waals surface area contributed by atoms with Crippen LogP contribution in [0.5, 0.6) is 5.75 Å². The molecule has 0 bridgehead atoms. The highest BCUT2D eigenvalue weighted by Crippen LogP contribution is 2.39. The molecule has 4 rings (SSSR count). The first kappa shape index (κ1) is 21.7. The Morgan fingerprint density at radius 3 is 2.58 bits per heavy atom. The van der Waals surface area contributed by atoms with Crippen molar-refractivity contribution in [3.63, 3.8) is 0 Å². The molecule has 2 aliphatic heterocycles. The number of phenolic OH excluding ortho intramolecular Hbond substituents is 1. The molecule has 6 N–H and O–H groups in total. The second-order valence-corrected chi connectivity index (χ2v) is 8.60. The number of hydrogen-bond donors (Lipinski definition) is 4. The Kier molecular flexibility index (Phi) is 6.85. The van der Waals surface area contributed by atoms with Crippen LogP contribution in [0.4, 0.5) is 5.82 Å². The van der Waals surface area contributed by atoms with Crippen molar-refractivity contribution in [2.45, 2.75) is 31.6 Å². The Balaban J connectivity index is 1.72. The van der Waals surface area contributed by atoms with Gasteiger partial charge in [0, 0.05) is 61.3 Å². The number of benzene rings is 1. The Hall–Kier alpha value is -2.48. The molecule has 0 aliphatic carbocycles. The molecule has 2 fully saturated rings. The van der Waals surface area contributed by atoms with Crippen molar-refractivity contribution >= 4 is 17.6 Å². The normalized spacial score (nSPS) is 20.1. The average molecular weight is 427 g/mol. The van der Waals surface area contributed by atoms with E-state index in [0.29, 0.717) is 23.0 Å². The Morgan fingerprint density at radius 2 is 1.87 bits per heavy atom. The van der Waals surface area contributed by atoms with Crippen molar-refractivity contribution in [3.05, 3.63) is 46.6 Å². The largest absolute Gasteiger partial charge is 0.507 e. The SMILES string of the molecule is C[C@@H](CN1CCOCC1)c1c(C2CCOCC2)[nH]c(N)c1/C=C(\N)c1ccccc1O. The van der Waals surface area contributed by atoms with E-state index in [1.54, 1.807) is 12.1 Å². The van der Waals surface area contributed by atoms with Gasteiger partial charge < -0.3 is 31.0 Å². The number of nitrogens with one attached hydrogen (secondary N) is 1. The molecule has 2 saturated heterocycles. The number of phenols is 1. The second-order valence-electron chi connectivity index (χ2n) is 8.60. The lowest BCUT2D eigenvalue weighted by Crippen LogP contribution is -2.38. The van der Waals surface area contributed by atoms with E-state index in [2.05, 4.69) is 16.8 Å². The number of nitrogens with zero attached hydrogens (tertiary/aromatic N) is 1. The van der Waals surface area contributed by atoms with Crippen molar-refractivity contribution in [1.82, 2.24) is 9.88 Å². The zero-order valence-corrected chi connectivity index (χ0v) is 18.3. The minimum atomic E-state index is 0.165. The van der Waals surface area contributed by atoms with Crippen molar-refractivity contribution in [3.8, 4) is 5.75 Å². The van der Waals surface area contributed by atoms with Gasteiger partial charge in [0.05, 0.1) is 13.2 Å². The van der Waals surface area contributed by atoms with E-state index in [4.69, 9.17) is 20.9 Å². The molecule has 3 heterocycles. The minimum absolute atomic E-state index is 0.165. The summed E-state index contributed by atoms with van der Waals surface area (Å²) in [4.78, 5) is 5.94. The maximum Gasteiger partial charge on any atom is 0.124 e. The molecular formula is C24H34N4O3. The van der Waals surface area contributed by atoms with Crippen LogP contribution in [0.3, 0.4) is 0 Å². The van der Waals surface area contributed by atoms with Crippen LogP contribution in [-0.4, -0.2) is 61.1 Å². The molecule has 2 aromatic rings. The van der Waals surface area contributed by atoms with E-state index < -0.39 is 0 Å². The lowest BCUT2D eigenvalue weighted by Gasteiger charge is -2.30. The maximum absolute atomic E-state index is 10.2. The van der Waals surface area contributed by atoms with Crippen LogP contribution in [0, 0.1) is 0 Å². The number of ether oxygens (including phenoxy) is 2. The molecule has 7 heteroatoms. The summed E-state index contributed by atoms with van der Waals surface area (Å²) in [6.07, 6.45) is 3.87. The molecule has 0 radical (unpaired) electrons. The summed E-state index contributed by atoms with van der Waals surface area (Å²) in [5.41, 5.74) is 17.4. The summed E-state index contributed by atoms with van der Waals surface area (Å²) >= 11 is 0. The standard InChI is InChI=1S/C24H34N4O3/c1-16(15-28-8-12-31-13-9-28)22-19(14-20(25)18-4-2-3-5-21(18)29)24(26)27-23(22)17-6-10-30-11-7-17/h2-5,14,16-17,27,29H,6-13,15,25-26H2,1H3/b20-14-/t16-/m0/s1. The van der Waals surface area contributed by atoms with Gasteiger partial charge in [0.15, 0.2) is 0 Å². The number of nitrogens with two attached hydrogens (primary N) is 2. The van der Waals surface area contributed by atoms with Crippen molar-refractivity contribution in [2.24, 2.45) is 5.73 Å². The number of aromatic nitrogens is 1. The molecule has 1 atom stereocenters. The number of hydrogen-bond acceptors (Lipinski definition) is 6. The molecule has 168 valence electrons. The fourth-order valence-electron chi connectivity index (χ4n) is 4.78. The Bertz CT molecular complexity index is 912.